The normalized spacial score (nSPS) is 19.7. The summed E-state index contributed by atoms with van der Waals surface area (Å²) >= 11 is 0. The number of aliphatic hydroxyl groups is 5. The van der Waals surface area contributed by atoms with Crippen LogP contribution in [0.4, 0.5) is 0 Å². The Kier molecular flexibility index (Phi) is 48.4. The van der Waals surface area contributed by atoms with Gasteiger partial charge in [0.05, 0.1) is 25.4 Å². The molecule has 1 amide bonds. The molecule has 1 fully saturated rings. The highest BCUT2D eigenvalue weighted by molar-refractivity contribution is 5.77. The lowest BCUT2D eigenvalue weighted by Crippen LogP contribution is -2.60. The molecule has 6 N–H and O–H groups in total. The van der Waals surface area contributed by atoms with Gasteiger partial charge in [-0.3, -0.25) is 4.79 Å². The van der Waals surface area contributed by atoms with Crippen molar-refractivity contribution in [3.63, 3.8) is 0 Å². The standard InChI is InChI=1S/C62H113NO8/c1-3-5-7-9-11-13-15-17-19-20-21-22-23-24-25-26-27-28-29-30-31-32-33-34-35-36-38-39-41-43-45-47-49-51-56(65)55(54-70-62-61(69)60(68)59(67)57(53-64)71-62)63-58(66)52-50-48-46-44-42-40-37-18-16-14-12-10-8-6-4-2/h6,8,12,14,18,37,42,44,48,50,55-57,59-62,64-65,67-69H,3-5,7,9-11,13,15-17,19-36,38-41,43,45-47,49,51-54H2,1-2H3,(H,63,66)/b8-6-,14-12-,37-18-,44-42-,50-48-. The fourth-order valence-corrected chi connectivity index (χ4v) is 9.47. The first-order chi connectivity index (χ1) is 34.8. The molecule has 0 aromatic carbocycles. The predicted octanol–water partition coefficient (Wildman–Crippen LogP) is 15.1. The molecule has 0 aromatic heterocycles. The van der Waals surface area contributed by atoms with Crippen molar-refractivity contribution in [2.75, 3.05) is 13.2 Å². The van der Waals surface area contributed by atoms with Crippen molar-refractivity contribution < 1.29 is 39.8 Å². The van der Waals surface area contributed by atoms with Gasteiger partial charge in [-0.25, -0.2) is 0 Å². The van der Waals surface area contributed by atoms with Crippen LogP contribution in [0.2, 0.25) is 0 Å². The number of rotatable bonds is 51. The van der Waals surface area contributed by atoms with Crippen molar-refractivity contribution in [3.05, 3.63) is 60.8 Å². The van der Waals surface area contributed by atoms with Gasteiger partial charge in [0.2, 0.25) is 5.91 Å². The van der Waals surface area contributed by atoms with E-state index in [-0.39, 0.29) is 18.9 Å². The zero-order valence-corrected chi connectivity index (χ0v) is 46.0. The van der Waals surface area contributed by atoms with E-state index in [2.05, 4.69) is 67.8 Å². The molecule has 1 aliphatic rings. The van der Waals surface area contributed by atoms with E-state index in [9.17, 15) is 30.3 Å². The molecule has 0 aliphatic carbocycles. The highest BCUT2D eigenvalue weighted by atomic mass is 16.7. The summed E-state index contributed by atoms with van der Waals surface area (Å²) in [6.07, 6.45) is 63.1. The minimum atomic E-state index is -1.57. The molecular formula is C62H113NO8. The Balaban J connectivity index is 2.14. The van der Waals surface area contributed by atoms with Crippen LogP contribution in [-0.2, 0) is 14.3 Å². The highest BCUT2D eigenvalue weighted by Crippen LogP contribution is 2.23. The maximum atomic E-state index is 13.0. The average Bonchev–Trinajstić information content (AvgIpc) is 3.37. The van der Waals surface area contributed by atoms with Crippen LogP contribution in [0.1, 0.15) is 271 Å². The van der Waals surface area contributed by atoms with E-state index in [4.69, 9.17) is 9.47 Å². The zero-order valence-electron chi connectivity index (χ0n) is 46.0. The Morgan fingerprint density at radius 3 is 1.17 bits per heavy atom. The number of carbonyl (C=O) groups excluding carboxylic acids is 1. The maximum absolute atomic E-state index is 13.0. The number of carbonyl (C=O) groups is 1. The monoisotopic (exact) mass is 1000 g/mol. The lowest BCUT2D eigenvalue weighted by molar-refractivity contribution is -0.302. The smallest absolute Gasteiger partial charge is 0.224 e. The van der Waals surface area contributed by atoms with E-state index in [0.29, 0.717) is 12.8 Å². The molecule has 1 saturated heterocycles. The summed E-state index contributed by atoms with van der Waals surface area (Å²) in [7, 11) is 0. The average molecular weight is 1000 g/mol. The summed E-state index contributed by atoms with van der Waals surface area (Å²) in [5.41, 5.74) is 0. The summed E-state index contributed by atoms with van der Waals surface area (Å²) in [5, 5.41) is 54.5. The van der Waals surface area contributed by atoms with Gasteiger partial charge >= 0.3 is 0 Å². The predicted molar refractivity (Wildman–Crippen MR) is 299 cm³/mol. The molecule has 0 spiro atoms. The number of allylic oxidation sites excluding steroid dienone is 9. The molecule has 9 heteroatoms. The third-order valence-electron chi connectivity index (χ3n) is 14.2. The minimum absolute atomic E-state index is 0.135. The molecular weight excluding hydrogens is 887 g/mol. The number of unbranched alkanes of at least 4 members (excludes halogenated alkanes) is 32. The summed E-state index contributed by atoms with van der Waals surface area (Å²) in [6.45, 7) is 3.68. The van der Waals surface area contributed by atoms with Crippen LogP contribution >= 0.6 is 0 Å². The highest BCUT2D eigenvalue weighted by Gasteiger charge is 2.44. The van der Waals surface area contributed by atoms with Gasteiger partial charge in [0, 0.05) is 6.42 Å². The van der Waals surface area contributed by atoms with Gasteiger partial charge in [0.15, 0.2) is 6.29 Å². The largest absolute Gasteiger partial charge is 0.394 e. The summed E-state index contributed by atoms with van der Waals surface area (Å²) in [4.78, 5) is 13.0. The van der Waals surface area contributed by atoms with Crippen LogP contribution in [0.15, 0.2) is 60.8 Å². The van der Waals surface area contributed by atoms with E-state index in [0.717, 1.165) is 44.9 Å². The van der Waals surface area contributed by atoms with Crippen molar-refractivity contribution in [1.29, 1.82) is 0 Å². The van der Waals surface area contributed by atoms with E-state index in [1.165, 1.54) is 193 Å². The first kappa shape index (κ1) is 66.9. The lowest BCUT2D eigenvalue weighted by atomic mass is 9.99. The molecule has 1 rings (SSSR count). The van der Waals surface area contributed by atoms with E-state index >= 15 is 0 Å². The third kappa shape index (κ3) is 40.9. The molecule has 414 valence electrons. The summed E-state index contributed by atoms with van der Waals surface area (Å²) in [5.74, 6) is -0.269. The van der Waals surface area contributed by atoms with E-state index in [1.807, 2.05) is 6.08 Å². The van der Waals surface area contributed by atoms with Gasteiger partial charge in [-0.1, -0.05) is 286 Å². The number of nitrogens with one attached hydrogen (secondary N) is 1. The van der Waals surface area contributed by atoms with Crippen molar-refractivity contribution in [3.8, 4) is 0 Å². The fourth-order valence-electron chi connectivity index (χ4n) is 9.47. The quantitative estimate of drug-likeness (QED) is 0.0261. The molecule has 1 heterocycles. The number of hydrogen-bond acceptors (Lipinski definition) is 8. The van der Waals surface area contributed by atoms with Crippen molar-refractivity contribution in [2.24, 2.45) is 0 Å². The van der Waals surface area contributed by atoms with Crippen molar-refractivity contribution in [1.82, 2.24) is 5.32 Å². The first-order valence-electron chi connectivity index (χ1n) is 30.0. The molecule has 1 aliphatic heterocycles. The topological polar surface area (TPSA) is 149 Å². The number of aliphatic hydroxyl groups excluding tert-OH is 5. The van der Waals surface area contributed by atoms with Gasteiger partial charge in [0.1, 0.15) is 24.4 Å². The van der Waals surface area contributed by atoms with Crippen LogP contribution in [0, 0.1) is 0 Å². The second kappa shape index (κ2) is 51.4. The van der Waals surface area contributed by atoms with Gasteiger partial charge in [-0.2, -0.15) is 0 Å². The molecule has 0 aromatic rings. The number of ether oxygens (including phenoxy) is 2. The molecule has 9 nitrogen and oxygen atoms in total. The Hall–Kier alpha value is -2.11. The van der Waals surface area contributed by atoms with Crippen molar-refractivity contribution in [2.45, 2.75) is 314 Å². The Morgan fingerprint density at radius 2 is 0.817 bits per heavy atom. The molecule has 0 radical (unpaired) electrons. The van der Waals surface area contributed by atoms with E-state index in [1.54, 1.807) is 6.08 Å². The fraction of sp³-hybridized carbons (Fsp3) is 0.823. The van der Waals surface area contributed by atoms with E-state index < -0.39 is 49.5 Å². The second-order valence-corrected chi connectivity index (χ2v) is 20.8. The zero-order chi connectivity index (χ0) is 51.5. The van der Waals surface area contributed by atoms with Crippen LogP contribution in [0.25, 0.3) is 0 Å². The number of hydrogen-bond donors (Lipinski definition) is 6. The molecule has 0 saturated carbocycles. The van der Waals surface area contributed by atoms with Crippen LogP contribution < -0.4 is 5.32 Å². The lowest BCUT2D eigenvalue weighted by Gasteiger charge is -2.40. The third-order valence-corrected chi connectivity index (χ3v) is 14.2. The molecule has 7 unspecified atom stereocenters. The van der Waals surface area contributed by atoms with Gasteiger partial charge in [-0.15, -0.1) is 0 Å². The van der Waals surface area contributed by atoms with Crippen LogP contribution in [-0.4, -0.2) is 87.5 Å². The Bertz CT molecular complexity index is 1300. The molecule has 0 bridgehead atoms. The Morgan fingerprint density at radius 1 is 0.479 bits per heavy atom. The van der Waals surface area contributed by atoms with Crippen LogP contribution in [0.5, 0.6) is 0 Å². The van der Waals surface area contributed by atoms with Crippen molar-refractivity contribution >= 4 is 5.91 Å². The first-order valence-corrected chi connectivity index (χ1v) is 30.0. The van der Waals surface area contributed by atoms with Gasteiger partial charge in [0.25, 0.3) is 0 Å². The maximum Gasteiger partial charge on any atom is 0.224 e. The second-order valence-electron chi connectivity index (χ2n) is 20.8. The van der Waals surface area contributed by atoms with Crippen LogP contribution in [0.3, 0.4) is 0 Å². The summed E-state index contributed by atoms with van der Waals surface area (Å²) in [6, 6.07) is -0.777. The summed E-state index contributed by atoms with van der Waals surface area (Å²) < 4.78 is 11.3. The molecule has 7 atom stereocenters. The van der Waals surface area contributed by atoms with Gasteiger partial charge < -0.3 is 40.3 Å². The minimum Gasteiger partial charge on any atom is -0.394 e. The Labute approximate surface area is 436 Å². The SMILES string of the molecule is CC/C=C\C/C=C\C/C=C\C/C=C\C/C=C\CC(=O)NC(COC1OC(CO)C(O)C(O)C1O)C(O)CCCCCCCCCCCCCCCCCCCCCCCCCCCCCCCCCCC. The molecule has 71 heavy (non-hydrogen) atoms. The van der Waals surface area contributed by atoms with Gasteiger partial charge in [-0.05, 0) is 38.5 Å². The number of amides is 1.